The monoisotopic (exact) mass is 310 g/mol. The Kier molecular flexibility index (Phi) is 4.17. The number of Topliss-reactive ketones (excluding diaryl/α,β-unsaturated/α-hetero) is 1. The number of carboxylic acids is 1. The topological polar surface area (TPSA) is 54.4 Å². The van der Waals surface area contributed by atoms with Gasteiger partial charge in [-0.25, -0.2) is 0 Å². The molecule has 0 aliphatic heterocycles. The second-order valence-corrected chi connectivity index (χ2v) is 5.69. The molecule has 1 aliphatic rings. The van der Waals surface area contributed by atoms with Gasteiger partial charge in [0.15, 0.2) is 5.78 Å². The van der Waals surface area contributed by atoms with Gasteiger partial charge in [-0.1, -0.05) is 34.5 Å². The maximum atomic E-state index is 12.1. The van der Waals surface area contributed by atoms with Gasteiger partial charge in [-0.15, -0.1) is 0 Å². The Morgan fingerprint density at radius 1 is 1.33 bits per heavy atom. The first-order chi connectivity index (χ1) is 8.58. The van der Waals surface area contributed by atoms with Crippen LogP contribution in [0.2, 0.25) is 0 Å². The van der Waals surface area contributed by atoms with Crippen molar-refractivity contribution < 1.29 is 14.7 Å². The van der Waals surface area contributed by atoms with E-state index in [9.17, 15) is 9.59 Å². The highest BCUT2D eigenvalue weighted by atomic mass is 79.9. The van der Waals surface area contributed by atoms with E-state index in [0.717, 1.165) is 17.3 Å². The summed E-state index contributed by atoms with van der Waals surface area (Å²) in [6.07, 6.45) is 2.79. The van der Waals surface area contributed by atoms with Gasteiger partial charge in [0.25, 0.3) is 0 Å². The highest BCUT2D eigenvalue weighted by molar-refractivity contribution is 9.10. The maximum absolute atomic E-state index is 12.1. The lowest BCUT2D eigenvalue weighted by Crippen LogP contribution is -2.20. The van der Waals surface area contributed by atoms with Gasteiger partial charge in [0, 0.05) is 16.5 Å². The zero-order chi connectivity index (χ0) is 13.1. The number of hydrogen-bond acceptors (Lipinski definition) is 2. The third kappa shape index (κ3) is 2.99. The molecule has 0 aromatic heterocycles. The zero-order valence-electron chi connectivity index (χ0n) is 9.93. The van der Waals surface area contributed by atoms with Gasteiger partial charge in [-0.2, -0.15) is 0 Å². The standard InChI is InChI=1S/C14H15BrO3/c15-11-5-1-4-10(7-11)13(16)8-9-3-2-6-12(9)14(17)18/h1,4-5,7,9,12H,2-3,6,8H2,(H,17,18). The molecule has 1 fully saturated rings. The fourth-order valence-corrected chi connectivity index (χ4v) is 3.02. The molecule has 0 heterocycles. The predicted molar refractivity (Wildman–Crippen MR) is 71.6 cm³/mol. The van der Waals surface area contributed by atoms with E-state index in [1.54, 1.807) is 12.1 Å². The average molecular weight is 311 g/mol. The normalized spacial score (nSPS) is 22.9. The number of aliphatic carboxylic acids is 1. The molecule has 1 saturated carbocycles. The minimum Gasteiger partial charge on any atom is -0.481 e. The third-order valence-corrected chi connectivity index (χ3v) is 4.06. The van der Waals surface area contributed by atoms with Gasteiger partial charge >= 0.3 is 5.97 Å². The van der Waals surface area contributed by atoms with Gasteiger partial charge in [0.2, 0.25) is 0 Å². The van der Waals surface area contributed by atoms with E-state index in [0.29, 0.717) is 18.4 Å². The van der Waals surface area contributed by atoms with Crippen LogP contribution in [0.1, 0.15) is 36.0 Å². The summed E-state index contributed by atoms with van der Waals surface area (Å²) < 4.78 is 0.870. The van der Waals surface area contributed by atoms with E-state index in [1.807, 2.05) is 12.1 Å². The van der Waals surface area contributed by atoms with Crippen LogP contribution < -0.4 is 0 Å². The molecule has 96 valence electrons. The molecule has 4 heteroatoms. The number of rotatable bonds is 4. The maximum Gasteiger partial charge on any atom is 0.306 e. The van der Waals surface area contributed by atoms with Crippen molar-refractivity contribution in [2.45, 2.75) is 25.7 Å². The Balaban J connectivity index is 2.05. The molecule has 18 heavy (non-hydrogen) atoms. The van der Waals surface area contributed by atoms with Gasteiger partial charge in [0.05, 0.1) is 5.92 Å². The van der Waals surface area contributed by atoms with Crippen molar-refractivity contribution >= 4 is 27.7 Å². The first-order valence-corrected chi connectivity index (χ1v) is 6.89. The lowest BCUT2D eigenvalue weighted by Gasteiger charge is -2.14. The van der Waals surface area contributed by atoms with Crippen molar-refractivity contribution in [3.05, 3.63) is 34.3 Å². The Morgan fingerprint density at radius 2 is 2.11 bits per heavy atom. The van der Waals surface area contributed by atoms with Crippen molar-refractivity contribution in [1.29, 1.82) is 0 Å². The fourth-order valence-electron chi connectivity index (χ4n) is 2.62. The summed E-state index contributed by atoms with van der Waals surface area (Å²) in [6, 6.07) is 7.25. The van der Waals surface area contributed by atoms with Gasteiger partial charge in [-0.3, -0.25) is 9.59 Å². The van der Waals surface area contributed by atoms with E-state index < -0.39 is 5.97 Å². The van der Waals surface area contributed by atoms with Crippen molar-refractivity contribution in [2.75, 3.05) is 0 Å². The molecule has 2 unspecified atom stereocenters. The smallest absolute Gasteiger partial charge is 0.306 e. The van der Waals surface area contributed by atoms with E-state index in [2.05, 4.69) is 15.9 Å². The largest absolute Gasteiger partial charge is 0.481 e. The highest BCUT2D eigenvalue weighted by Crippen LogP contribution is 2.35. The Morgan fingerprint density at radius 3 is 2.78 bits per heavy atom. The molecule has 0 radical (unpaired) electrons. The second-order valence-electron chi connectivity index (χ2n) is 4.77. The summed E-state index contributed by atoms with van der Waals surface area (Å²) in [5.74, 6) is -1.08. The van der Waals surface area contributed by atoms with E-state index >= 15 is 0 Å². The van der Waals surface area contributed by atoms with Gasteiger partial charge in [-0.05, 0) is 30.9 Å². The molecule has 1 aromatic rings. The van der Waals surface area contributed by atoms with Crippen LogP contribution in [0.5, 0.6) is 0 Å². The van der Waals surface area contributed by atoms with Crippen LogP contribution in [0.3, 0.4) is 0 Å². The van der Waals surface area contributed by atoms with Gasteiger partial charge < -0.3 is 5.11 Å². The number of halogens is 1. The van der Waals surface area contributed by atoms with Gasteiger partial charge in [0.1, 0.15) is 0 Å². The summed E-state index contributed by atoms with van der Waals surface area (Å²) in [5.41, 5.74) is 0.653. The van der Waals surface area contributed by atoms with E-state index in [4.69, 9.17) is 5.11 Å². The van der Waals surface area contributed by atoms with Crippen molar-refractivity contribution in [1.82, 2.24) is 0 Å². The van der Waals surface area contributed by atoms with Crippen molar-refractivity contribution in [3.8, 4) is 0 Å². The fraction of sp³-hybridized carbons (Fsp3) is 0.429. The molecule has 0 amide bonds. The van der Waals surface area contributed by atoms with Crippen LogP contribution in [-0.4, -0.2) is 16.9 Å². The lowest BCUT2D eigenvalue weighted by atomic mass is 9.89. The van der Waals surface area contributed by atoms with E-state index in [1.165, 1.54) is 0 Å². The molecule has 1 aliphatic carbocycles. The number of carbonyl (C=O) groups excluding carboxylic acids is 1. The van der Waals surface area contributed by atoms with Crippen LogP contribution in [0.25, 0.3) is 0 Å². The van der Waals surface area contributed by atoms with Crippen LogP contribution in [0.15, 0.2) is 28.7 Å². The Hall–Kier alpha value is -1.16. The van der Waals surface area contributed by atoms with Crippen LogP contribution in [0.4, 0.5) is 0 Å². The van der Waals surface area contributed by atoms with Crippen molar-refractivity contribution in [2.24, 2.45) is 11.8 Å². The average Bonchev–Trinajstić information content (AvgIpc) is 2.77. The second kappa shape index (κ2) is 5.65. The Bertz CT molecular complexity index is 470. The number of carbonyl (C=O) groups is 2. The minimum atomic E-state index is -0.764. The molecule has 0 bridgehead atoms. The molecule has 1 N–H and O–H groups in total. The molecule has 0 saturated heterocycles. The zero-order valence-corrected chi connectivity index (χ0v) is 11.5. The summed E-state index contributed by atoms with van der Waals surface area (Å²) in [4.78, 5) is 23.2. The highest BCUT2D eigenvalue weighted by Gasteiger charge is 2.34. The molecule has 3 nitrogen and oxygen atoms in total. The summed E-state index contributed by atoms with van der Waals surface area (Å²) in [6.45, 7) is 0. The molecule has 2 rings (SSSR count). The van der Waals surface area contributed by atoms with E-state index in [-0.39, 0.29) is 17.6 Å². The lowest BCUT2D eigenvalue weighted by molar-refractivity contribution is -0.142. The number of ketones is 1. The summed E-state index contributed by atoms with van der Waals surface area (Å²) >= 11 is 3.33. The van der Waals surface area contributed by atoms with Crippen LogP contribution >= 0.6 is 15.9 Å². The summed E-state index contributed by atoms with van der Waals surface area (Å²) in [7, 11) is 0. The molecular weight excluding hydrogens is 296 g/mol. The SMILES string of the molecule is O=C(CC1CCCC1C(=O)O)c1cccc(Br)c1. The number of hydrogen-bond donors (Lipinski definition) is 1. The quantitative estimate of drug-likeness (QED) is 0.866. The summed E-state index contributed by atoms with van der Waals surface area (Å²) in [5, 5.41) is 9.09. The van der Waals surface area contributed by atoms with Crippen LogP contribution in [0, 0.1) is 11.8 Å². The number of benzene rings is 1. The van der Waals surface area contributed by atoms with Crippen molar-refractivity contribution in [3.63, 3.8) is 0 Å². The third-order valence-electron chi connectivity index (χ3n) is 3.57. The van der Waals surface area contributed by atoms with Crippen LogP contribution in [-0.2, 0) is 4.79 Å². The first-order valence-electron chi connectivity index (χ1n) is 6.09. The molecule has 0 spiro atoms. The number of carboxylic acid groups (broad SMARTS) is 1. The molecular formula is C14H15BrO3. The molecule has 2 atom stereocenters. The predicted octanol–water partition coefficient (Wildman–Crippen LogP) is 3.52. The Labute approximate surface area is 114 Å². The molecule has 1 aromatic carbocycles. The minimum absolute atomic E-state index is 0.00557. The first kappa shape index (κ1) is 13.3.